The van der Waals surface area contributed by atoms with E-state index in [-0.39, 0.29) is 12.0 Å². The van der Waals surface area contributed by atoms with E-state index in [4.69, 9.17) is 10.5 Å². The number of benzene rings is 1. The van der Waals surface area contributed by atoms with Crippen molar-refractivity contribution >= 4 is 0 Å². The number of nitrogens with zero attached hydrogens (tertiary/aromatic N) is 1. The smallest absolute Gasteiger partial charge is 0.223 e. The molecule has 0 amide bonds. The Hall–Kier alpha value is -1.94. The number of halogens is 1. The lowest BCUT2D eigenvalue weighted by molar-refractivity contribution is 0.450. The molecule has 1 heterocycles. The van der Waals surface area contributed by atoms with Crippen LogP contribution in [0.4, 0.5) is 4.39 Å². The van der Waals surface area contributed by atoms with E-state index in [9.17, 15) is 4.39 Å². The number of aromatic nitrogens is 1. The highest BCUT2D eigenvalue weighted by Gasteiger charge is 2.17. The average Bonchev–Trinajstić information content (AvgIpc) is 2.49. The van der Waals surface area contributed by atoms with Crippen molar-refractivity contribution < 1.29 is 9.13 Å². The lowest BCUT2D eigenvalue weighted by Gasteiger charge is -2.23. The van der Waals surface area contributed by atoms with Crippen molar-refractivity contribution in [1.82, 2.24) is 4.98 Å². The van der Waals surface area contributed by atoms with E-state index in [0.717, 1.165) is 12.6 Å². The van der Waals surface area contributed by atoms with Crippen LogP contribution in [-0.4, -0.2) is 4.98 Å². The molecule has 2 N–H and O–H groups in total. The van der Waals surface area contributed by atoms with Gasteiger partial charge in [0.05, 0.1) is 6.20 Å². The third-order valence-corrected chi connectivity index (χ3v) is 3.85. The zero-order valence-corrected chi connectivity index (χ0v) is 12.7. The summed E-state index contributed by atoms with van der Waals surface area (Å²) >= 11 is 0. The maximum atomic E-state index is 13.1. The van der Waals surface area contributed by atoms with Crippen molar-refractivity contribution in [2.24, 2.45) is 5.73 Å². The molecule has 0 aliphatic rings. The largest absolute Gasteiger partial charge is 0.439 e. The van der Waals surface area contributed by atoms with E-state index in [1.807, 2.05) is 24.3 Å². The van der Waals surface area contributed by atoms with Crippen molar-refractivity contribution in [2.75, 3.05) is 0 Å². The number of rotatable bonds is 5. The number of pyridine rings is 1. The first-order valence-corrected chi connectivity index (χ1v) is 7.09. The monoisotopic (exact) mass is 288 g/mol. The molecule has 2 rings (SSSR count). The van der Waals surface area contributed by atoms with Crippen LogP contribution >= 0.6 is 0 Å². The van der Waals surface area contributed by atoms with Gasteiger partial charge in [-0.2, -0.15) is 0 Å². The number of nitrogens with two attached hydrogens (primary N) is 1. The third-order valence-electron chi connectivity index (χ3n) is 3.85. The summed E-state index contributed by atoms with van der Waals surface area (Å²) in [6.07, 6.45) is 2.19. The van der Waals surface area contributed by atoms with Gasteiger partial charge in [-0.1, -0.05) is 32.9 Å². The second-order valence-corrected chi connectivity index (χ2v) is 5.69. The second-order valence-electron chi connectivity index (χ2n) is 5.69. The Labute approximate surface area is 125 Å². The Kier molecular flexibility index (Phi) is 4.58. The molecule has 1 aromatic heterocycles. The quantitative estimate of drug-likeness (QED) is 0.898. The lowest BCUT2D eigenvalue weighted by atomic mass is 9.82. The molecule has 0 radical (unpaired) electrons. The molecule has 0 spiro atoms. The molecule has 4 heteroatoms. The average molecular weight is 288 g/mol. The minimum Gasteiger partial charge on any atom is -0.439 e. The normalized spacial score (nSPS) is 11.5. The van der Waals surface area contributed by atoms with Crippen molar-refractivity contribution in [1.29, 1.82) is 0 Å². The van der Waals surface area contributed by atoms with E-state index < -0.39 is 5.82 Å². The zero-order valence-electron chi connectivity index (χ0n) is 12.7. The van der Waals surface area contributed by atoms with Gasteiger partial charge in [0, 0.05) is 12.1 Å². The molecule has 0 bridgehead atoms. The van der Waals surface area contributed by atoms with Gasteiger partial charge in [-0.15, -0.1) is 0 Å². The van der Waals surface area contributed by atoms with Crippen LogP contribution in [-0.2, 0) is 12.0 Å². The van der Waals surface area contributed by atoms with Crippen molar-refractivity contribution in [2.45, 2.75) is 39.2 Å². The molecule has 21 heavy (non-hydrogen) atoms. The molecular formula is C17H21FN2O. The van der Waals surface area contributed by atoms with Gasteiger partial charge in [0.1, 0.15) is 11.6 Å². The van der Waals surface area contributed by atoms with Crippen LogP contribution in [0.1, 0.15) is 38.3 Å². The Bertz CT molecular complexity index is 609. The highest BCUT2D eigenvalue weighted by Crippen LogP contribution is 2.30. The van der Waals surface area contributed by atoms with Crippen molar-refractivity contribution in [3.63, 3.8) is 0 Å². The van der Waals surface area contributed by atoms with Crippen LogP contribution in [0.25, 0.3) is 0 Å². The lowest BCUT2D eigenvalue weighted by Crippen LogP contribution is -2.14. The summed E-state index contributed by atoms with van der Waals surface area (Å²) in [5.41, 5.74) is 7.52. The maximum Gasteiger partial charge on any atom is 0.223 e. The van der Waals surface area contributed by atoms with Gasteiger partial charge < -0.3 is 10.5 Å². The fraction of sp³-hybridized carbons (Fsp3) is 0.353. The maximum absolute atomic E-state index is 13.1. The summed E-state index contributed by atoms with van der Waals surface area (Å²) in [4.78, 5) is 3.95. The van der Waals surface area contributed by atoms with Gasteiger partial charge in [-0.25, -0.2) is 9.37 Å². The molecule has 112 valence electrons. The summed E-state index contributed by atoms with van der Waals surface area (Å²) in [5.74, 6) is 0.601. The van der Waals surface area contributed by atoms with E-state index in [2.05, 4.69) is 25.8 Å². The van der Waals surface area contributed by atoms with Gasteiger partial charge in [0.15, 0.2) is 0 Å². The molecule has 0 aliphatic carbocycles. The Morgan fingerprint density at radius 2 is 1.90 bits per heavy atom. The first kappa shape index (κ1) is 15.4. The van der Waals surface area contributed by atoms with E-state index in [1.54, 1.807) is 0 Å². The predicted octanol–water partition coefficient (Wildman–Crippen LogP) is 4.16. The van der Waals surface area contributed by atoms with Crippen molar-refractivity contribution in [3.05, 3.63) is 53.5 Å². The topological polar surface area (TPSA) is 48.1 Å². The fourth-order valence-electron chi connectivity index (χ4n) is 2.00. The van der Waals surface area contributed by atoms with Crippen LogP contribution in [0, 0.1) is 5.82 Å². The third kappa shape index (κ3) is 3.58. The Balaban J connectivity index is 2.21. The second kappa shape index (κ2) is 6.22. The molecule has 0 atom stereocenters. The first-order valence-electron chi connectivity index (χ1n) is 7.09. The number of hydrogen-bond acceptors (Lipinski definition) is 3. The molecule has 0 fully saturated rings. The standard InChI is InChI=1S/C17H21FN2O/c1-4-17(2,3)13-5-7-15(8-6-13)21-16-12(10-19)9-14(18)11-20-16/h5-9,11H,4,10,19H2,1-3H3. The first-order chi connectivity index (χ1) is 9.96. The molecule has 0 aliphatic heterocycles. The molecule has 3 nitrogen and oxygen atoms in total. The van der Waals surface area contributed by atoms with Crippen LogP contribution in [0.3, 0.4) is 0 Å². The number of ether oxygens (including phenoxy) is 1. The molecule has 0 saturated carbocycles. The SMILES string of the molecule is CCC(C)(C)c1ccc(Oc2ncc(F)cc2CN)cc1. The molecule has 0 unspecified atom stereocenters. The van der Waals surface area contributed by atoms with Gasteiger partial charge in [0.25, 0.3) is 0 Å². The fourth-order valence-corrected chi connectivity index (χ4v) is 2.00. The summed E-state index contributed by atoms with van der Waals surface area (Å²) in [6, 6.07) is 9.24. The van der Waals surface area contributed by atoms with Crippen LogP contribution in [0.2, 0.25) is 0 Å². The highest BCUT2D eigenvalue weighted by atomic mass is 19.1. The molecular weight excluding hydrogens is 267 g/mol. The van der Waals surface area contributed by atoms with E-state index in [0.29, 0.717) is 17.2 Å². The van der Waals surface area contributed by atoms with E-state index >= 15 is 0 Å². The van der Waals surface area contributed by atoms with Gasteiger partial charge >= 0.3 is 0 Å². The van der Waals surface area contributed by atoms with Crippen LogP contribution in [0.15, 0.2) is 36.5 Å². The summed E-state index contributed by atoms with van der Waals surface area (Å²) in [6.45, 7) is 6.76. The van der Waals surface area contributed by atoms with Gasteiger partial charge in [-0.3, -0.25) is 0 Å². The minimum absolute atomic E-state index is 0.134. The van der Waals surface area contributed by atoms with Gasteiger partial charge in [-0.05, 0) is 35.6 Å². The Morgan fingerprint density at radius 3 is 2.48 bits per heavy atom. The number of hydrogen-bond donors (Lipinski definition) is 1. The van der Waals surface area contributed by atoms with Crippen LogP contribution in [0.5, 0.6) is 11.6 Å². The van der Waals surface area contributed by atoms with Crippen molar-refractivity contribution in [3.8, 4) is 11.6 Å². The summed E-state index contributed by atoms with van der Waals surface area (Å²) in [5, 5.41) is 0. The molecule has 0 saturated heterocycles. The Morgan fingerprint density at radius 1 is 1.24 bits per heavy atom. The summed E-state index contributed by atoms with van der Waals surface area (Å²) in [7, 11) is 0. The minimum atomic E-state index is -0.414. The molecule has 1 aromatic carbocycles. The van der Waals surface area contributed by atoms with E-state index in [1.165, 1.54) is 11.6 Å². The molecule has 2 aromatic rings. The van der Waals surface area contributed by atoms with Gasteiger partial charge in [0.2, 0.25) is 5.88 Å². The summed E-state index contributed by atoms with van der Waals surface area (Å²) < 4.78 is 18.8. The highest BCUT2D eigenvalue weighted by molar-refractivity contribution is 5.36. The zero-order chi connectivity index (χ0) is 15.5. The predicted molar refractivity (Wildman–Crippen MR) is 81.9 cm³/mol. The van der Waals surface area contributed by atoms with Crippen LogP contribution < -0.4 is 10.5 Å².